The number of aliphatic hydroxyl groups is 2. The van der Waals surface area contributed by atoms with Gasteiger partial charge in [-0.25, -0.2) is 0 Å². The van der Waals surface area contributed by atoms with Crippen LogP contribution in [-0.4, -0.2) is 72.1 Å². The molecule has 0 bridgehead atoms. The molecule has 0 saturated carbocycles. The number of alkyl halides is 3. The van der Waals surface area contributed by atoms with E-state index in [0.717, 1.165) is 12.8 Å². The van der Waals surface area contributed by atoms with Crippen LogP contribution in [0.25, 0.3) is 0 Å². The van der Waals surface area contributed by atoms with Crippen LogP contribution in [0, 0.1) is 11.8 Å². The van der Waals surface area contributed by atoms with E-state index >= 15 is 0 Å². The molecule has 10 heteroatoms. The van der Waals surface area contributed by atoms with Crippen molar-refractivity contribution in [3.05, 3.63) is 64.7 Å². The van der Waals surface area contributed by atoms with Gasteiger partial charge in [-0.3, -0.25) is 9.69 Å². The van der Waals surface area contributed by atoms with Gasteiger partial charge in [0, 0.05) is 27.2 Å². The summed E-state index contributed by atoms with van der Waals surface area (Å²) in [4.78, 5) is 14.9. The first-order valence-electron chi connectivity index (χ1n) is 12.8. The van der Waals surface area contributed by atoms with E-state index in [0.29, 0.717) is 47.6 Å². The van der Waals surface area contributed by atoms with Crippen molar-refractivity contribution in [2.24, 2.45) is 11.8 Å². The fourth-order valence-electron chi connectivity index (χ4n) is 4.98. The molecule has 3 rings (SSSR count). The van der Waals surface area contributed by atoms with Crippen LogP contribution in [0.2, 0.25) is 5.02 Å². The van der Waals surface area contributed by atoms with E-state index in [1.807, 2.05) is 0 Å². The minimum atomic E-state index is -5.04. The second kappa shape index (κ2) is 12.7. The van der Waals surface area contributed by atoms with Crippen molar-refractivity contribution >= 4 is 17.5 Å². The normalized spacial score (nSPS) is 18.4. The fourth-order valence-corrected chi connectivity index (χ4v) is 5.23. The molecule has 1 aliphatic heterocycles. The summed E-state index contributed by atoms with van der Waals surface area (Å²) in [5.41, 5.74) is -3.34. The topological polar surface area (TPSA) is 73.2 Å². The molecule has 1 fully saturated rings. The Balaban J connectivity index is 1.48. The molecule has 1 aliphatic rings. The van der Waals surface area contributed by atoms with E-state index in [-0.39, 0.29) is 24.6 Å². The zero-order chi connectivity index (χ0) is 28.1. The lowest BCUT2D eigenvalue weighted by Gasteiger charge is -2.44. The van der Waals surface area contributed by atoms with Crippen molar-refractivity contribution < 1.29 is 32.9 Å². The van der Waals surface area contributed by atoms with Gasteiger partial charge in [-0.1, -0.05) is 48.9 Å². The number of benzene rings is 2. The third kappa shape index (κ3) is 6.81. The van der Waals surface area contributed by atoms with E-state index in [4.69, 9.17) is 16.3 Å². The molecule has 2 aromatic rings. The number of nitrogens with zero attached hydrogens (tertiary/aromatic N) is 2. The number of hydrogen-bond donors (Lipinski definition) is 2. The number of carbonyl (C=O) groups is 1. The van der Waals surface area contributed by atoms with Crippen molar-refractivity contribution in [1.82, 2.24) is 9.80 Å². The van der Waals surface area contributed by atoms with Crippen molar-refractivity contribution in [1.29, 1.82) is 0 Å². The Hall–Kier alpha value is -2.33. The second-order valence-electron chi connectivity index (χ2n) is 10.2. The summed E-state index contributed by atoms with van der Waals surface area (Å²) in [6.45, 7) is 3.10. The first kappa shape index (κ1) is 30.2. The molecule has 2 aromatic carbocycles. The lowest BCUT2D eigenvalue weighted by molar-refractivity contribution is -0.320. The largest absolute Gasteiger partial charge is 0.494 e. The van der Waals surface area contributed by atoms with Crippen molar-refractivity contribution in [3.8, 4) is 5.75 Å². The van der Waals surface area contributed by atoms with Crippen molar-refractivity contribution in [2.75, 3.05) is 33.8 Å². The molecule has 2 unspecified atom stereocenters. The van der Waals surface area contributed by atoms with Crippen LogP contribution in [0.4, 0.5) is 13.2 Å². The van der Waals surface area contributed by atoms with Gasteiger partial charge in [0.1, 0.15) is 12.0 Å². The summed E-state index contributed by atoms with van der Waals surface area (Å²) in [5.74, 6) is 1.00. The molecule has 1 saturated heterocycles. The first-order chi connectivity index (χ1) is 17.9. The van der Waals surface area contributed by atoms with Crippen LogP contribution < -0.4 is 4.74 Å². The maximum atomic E-state index is 13.9. The van der Waals surface area contributed by atoms with Gasteiger partial charge >= 0.3 is 6.18 Å². The molecule has 6 nitrogen and oxygen atoms in total. The van der Waals surface area contributed by atoms with Crippen molar-refractivity contribution in [2.45, 2.75) is 50.6 Å². The fraction of sp³-hybridized carbons (Fsp3) is 0.536. The number of piperidine rings is 1. The molecule has 0 aliphatic carbocycles. The van der Waals surface area contributed by atoms with E-state index in [9.17, 15) is 28.2 Å². The molecule has 0 radical (unpaired) electrons. The van der Waals surface area contributed by atoms with Gasteiger partial charge in [-0.2, -0.15) is 13.2 Å². The van der Waals surface area contributed by atoms with Gasteiger partial charge in [0.15, 0.2) is 0 Å². The zero-order valence-corrected chi connectivity index (χ0v) is 22.7. The summed E-state index contributed by atoms with van der Waals surface area (Å²) >= 11 is 6.23. The SMILES string of the molecule is C[C@H](CCCOc1ccc(C(=O)N(C)C)c(Cl)c1)C1CCN(C(O)C(O)(c2ccccc2)C(F)(F)F)CC1. The van der Waals surface area contributed by atoms with Crippen LogP contribution in [0.3, 0.4) is 0 Å². The number of amides is 1. The monoisotopic (exact) mass is 556 g/mol. The molecule has 0 spiro atoms. The van der Waals surface area contributed by atoms with Gasteiger partial charge in [-0.05, 0) is 61.3 Å². The number of hydrogen-bond acceptors (Lipinski definition) is 5. The molecular weight excluding hydrogens is 521 g/mol. The Morgan fingerprint density at radius 2 is 1.79 bits per heavy atom. The van der Waals surface area contributed by atoms with Crippen LogP contribution in [0.15, 0.2) is 48.5 Å². The smallest absolute Gasteiger partial charge is 0.425 e. The van der Waals surface area contributed by atoms with Crippen LogP contribution >= 0.6 is 11.6 Å². The molecule has 0 aromatic heterocycles. The highest BCUT2D eigenvalue weighted by atomic mass is 35.5. The third-order valence-corrected chi connectivity index (χ3v) is 7.71. The highest BCUT2D eigenvalue weighted by molar-refractivity contribution is 6.34. The maximum absolute atomic E-state index is 13.9. The molecule has 2 N–H and O–H groups in total. The zero-order valence-electron chi connectivity index (χ0n) is 21.9. The number of aliphatic hydroxyl groups excluding tert-OH is 1. The highest BCUT2D eigenvalue weighted by Crippen LogP contribution is 2.43. The number of carbonyl (C=O) groups excluding carboxylic acids is 1. The minimum Gasteiger partial charge on any atom is -0.494 e. The van der Waals surface area contributed by atoms with E-state index in [1.54, 1.807) is 38.4 Å². The van der Waals surface area contributed by atoms with Gasteiger partial charge in [0.25, 0.3) is 5.91 Å². The van der Waals surface area contributed by atoms with Crippen LogP contribution in [0.1, 0.15) is 48.5 Å². The van der Waals surface area contributed by atoms with Gasteiger partial charge in [-0.15, -0.1) is 0 Å². The van der Waals surface area contributed by atoms with E-state index in [2.05, 4.69) is 6.92 Å². The average Bonchev–Trinajstić information content (AvgIpc) is 2.89. The summed E-state index contributed by atoms with van der Waals surface area (Å²) in [7, 11) is 3.31. The first-order valence-corrected chi connectivity index (χ1v) is 13.1. The number of rotatable bonds is 10. The molecule has 1 heterocycles. The summed E-state index contributed by atoms with van der Waals surface area (Å²) in [6.07, 6.45) is -4.24. The number of ether oxygens (including phenoxy) is 1. The molecular formula is C28H36ClF3N2O4. The van der Waals surface area contributed by atoms with Crippen molar-refractivity contribution in [3.63, 3.8) is 0 Å². The molecule has 1 amide bonds. The number of halogens is 4. The highest BCUT2D eigenvalue weighted by Gasteiger charge is 2.61. The predicted molar refractivity (Wildman–Crippen MR) is 140 cm³/mol. The van der Waals surface area contributed by atoms with E-state index < -0.39 is 18.0 Å². The molecule has 3 atom stereocenters. The Labute approximate surface area is 227 Å². The Kier molecular flexibility index (Phi) is 10.1. The standard InChI is InChI=1S/C28H36ClF3N2O4/c1-19(8-7-17-38-22-11-12-23(24(29)18-22)25(35)33(2)3)20-13-15-34(16-14-20)26(36)27(37,28(30,31)32)21-9-5-4-6-10-21/h4-6,9-12,18-20,26,36-37H,7-8,13-17H2,1-3H3/t19-,26?,27?/m1/s1. The van der Waals surface area contributed by atoms with E-state index in [1.165, 1.54) is 34.1 Å². The van der Waals surface area contributed by atoms with Gasteiger partial charge < -0.3 is 19.8 Å². The van der Waals surface area contributed by atoms with Crippen LogP contribution in [-0.2, 0) is 5.60 Å². The molecule has 38 heavy (non-hydrogen) atoms. The molecule has 210 valence electrons. The minimum absolute atomic E-state index is 0.183. The quantitative estimate of drug-likeness (QED) is 0.388. The second-order valence-corrected chi connectivity index (χ2v) is 10.6. The maximum Gasteiger partial charge on any atom is 0.425 e. The van der Waals surface area contributed by atoms with Gasteiger partial charge in [0.2, 0.25) is 5.60 Å². The Morgan fingerprint density at radius 1 is 1.16 bits per heavy atom. The van der Waals surface area contributed by atoms with Gasteiger partial charge in [0.05, 0.1) is 17.2 Å². The summed E-state index contributed by atoms with van der Waals surface area (Å²) in [6, 6.07) is 11.7. The Morgan fingerprint density at radius 3 is 2.34 bits per heavy atom. The lowest BCUT2D eigenvalue weighted by Crippen LogP contribution is -2.60. The van der Waals surface area contributed by atoms with Crippen LogP contribution in [0.5, 0.6) is 5.75 Å². The lowest BCUT2D eigenvalue weighted by atomic mass is 9.82. The number of likely N-dealkylation sites (tertiary alicyclic amines) is 1. The average molecular weight is 557 g/mol. The summed E-state index contributed by atoms with van der Waals surface area (Å²) < 4.78 is 47.6. The Bertz CT molecular complexity index is 1060. The predicted octanol–water partition coefficient (Wildman–Crippen LogP) is 5.32. The third-order valence-electron chi connectivity index (χ3n) is 7.39. The summed E-state index contributed by atoms with van der Waals surface area (Å²) in [5, 5.41) is 21.7.